The van der Waals surface area contributed by atoms with Crippen molar-refractivity contribution < 1.29 is 9.13 Å². The average molecular weight is 265 g/mol. The van der Waals surface area contributed by atoms with Crippen molar-refractivity contribution in [1.29, 1.82) is 5.41 Å². The molecular weight excluding hydrogens is 255 g/mol. The quantitative estimate of drug-likeness (QED) is 0.658. The van der Waals surface area contributed by atoms with Gasteiger partial charge in [-0.2, -0.15) is 0 Å². The highest BCUT2D eigenvalue weighted by Crippen LogP contribution is 2.25. The molecule has 0 spiro atoms. The van der Waals surface area contributed by atoms with Gasteiger partial charge in [-0.25, -0.2) is 4.39 Å². The fourth-order valence-electron chi connectivity index (χ4n) is 1.38. The number of benzene rings is 2. The SMILES string of the molecule is N=C(N)c1ccc(Oc2ccc(Cl)c(F)c2)cc1. The summed E-state index contributed by atoms with van der Waals surface area (Å²) in [4.78, 5) is 0. The molecule has 3 nitrogen and oxygen atoms in total. The molecule has 0 radical (unpaired) electrons. The Morgan fingerprint density at radius 1 is 1.11 bits per heavy atom. The van der Waals surface area contributed by atoms with Crippen LogP contribution in [0.25, 0.3) is 0 Å². The van der Waals surface area contributed by atoms with Crippen LogP contribution < -0.4 is 10.5 Å². The van der Waals surface area contributed by atoms with Crippen LogP contribution in [0.1, 0.15) is 5.56 Å². The van der Waals surface area contributed by atoms with E-state index >= 15 is 0 Å². The Labute approximate surface area is 108 Å². The molecule has 0 aliphatic carbocycles. The Kier molecular flexibility index (Phi) is 3.48. The maximum atomic E-state index is 13.2. The van der Waals surface area contributed by atoms with Crippen molar-refractivity contribution in [3.05, 3.63) is 58.9 Å². The second-order valence-corrected chi connectivity index (χ2v) is 4.02. The van der Waals surface area contributed by atoms with Gasteiger partial charge in [0.25, 0.3) is 0 Å². The zero-order valence-corrected chi connectivity index (χ0v) is 10.0. The van der Waals surface area contributed by atoms with Crippen molar-refractivity contribution in [1.82, 2.24) is 0 Å². The van der Waals surface area contributed by atoms with E-state index in [2.05, 4.69) is 0 Å². The minimum atomic E-state index is -0.533. The molecule has 3 N–H and O–H groups in total. The summed E-state index contributed by atoms with van der Waals surface area (Å²) in [5.74, 6) is 0.336. The summed E-state index contributed by atoms with van der Waals surface area (Å²) >= 11 is 5.57. The molecule has 92 valence electrons. The summed E-state index contributed by atoms with van der Waals surface area (Å²) in [6, 6.07) is 10.8. The molecule has 0 aromatic heterocycles. The van der Waals surface area contributed by atoms with Crippen molar-refractivity contribution in [2.75, 3.05) is 0 Å². The van der Waals surface area contributed by atoms with E-state index in [4.69, 9.17) is 27.5 Å². The van der Waals surface area contributed by atoms with Crippen LogP contribution in [0, 0.1) is 11.2 Å². The molecule has 0 fully saturated rings. The fourth-order valence-corrected chi connectivity index (χ4v) is 1.50. The van der Waals surface area contributed by atoms with Crippen LogP contribution in [-0.4, -0.2) is 5.84 Å². The lowest BCUT2D eigenvalue weighted by molar-refractivity contribution is 0.477. The summed E-state index contributed by atoms with van der Waals surface area (Å²) in [6.07, 6.45) is 0. The summed E-state index contributed by atoms with van der Waals surface area (Å²) in [6.45, 7) is 0. The van der Waals surface area contributed by atoms with Crippen molar-refractivity contribution in [3.63, 3.8) is 0 Å². The third kappa shape index (κ3) is 2.78. The predicted molar refractivity (Wildman–Crippen MR) is 68.9 cm³/mol. The van der Waals surface area contributed by atoms with Crippen LogP contribution in [0.5, 0.6) is 11.5 Å². The second kappa shape index (κ2) is 5.06. The number of nitrogens with two attached hydrogens (primary N) is 1. The van der Waals surface area contributed by atoms with E-state index in [1.165, 1.54) is 12.1 Å². The number of nitrogens with one attached hydrogen (secondary N) is 1. The number of amidine groups is 1. The molecule has 0 aliphatic rings. The van der Waals surface area contributed by atoms with Crippen LogP contribution >= 0.6 is 11.6 Å². The van der Waals surface area contributed by atoms with E-state index in [1.807, 2.05) is 0 Å². The van der Waals surface area contributed by atoms with E-state index in [9.17, 15) is 4.39 Å². The molecule has 5 heteroatoms. The van der Waals surface area contributed by atoms with Gasteiger partial charge in [0.1, 0.15) is 23.2 Å². The normalized spacial score (nSPS) is 10.1. The molecule has 0 saturated carbocycles. The highest BCUT2D eigenvalue weighted by atomic mass is 35.5. The van der Waals surface area contributed by atoms with Gasteiger partial charge >= 0.3 is 0 Å². The lowest BCUT2D eigenvalue weighted by Crippen LogP contribution is -2.10. The first-order valence-corrected chi connectivity index (χ1v) is 5.51. The van der Waals surface area contributed by atoms with Crippen molar-refractivity contribution in [2.24, 2.45) is 5.73 Å². The maximum absolute atomic E-state index is 13.2. The Balaban J connectivity index is 2.18. The molecule has 0 atom stereocenters. The van der Waals surface area contributed by atoms with E-state index < -0.39 is 5.82 Å². The van der Waals surface area contributed by atoms with E-state index in [0.717, 1.165) is 0 Å². The Bertz CT molecular complexity index is 584. The molecule has 2 rings (SSSR count). The number of hydrogen-bond donors (Lipinski definition) is 2. The number of ether oxygens (including phenoxy) is 1. The first-order chi connectivity index (χ1) is 8.56. The molecule has 18 heavy (non-hydrogen) atoms. The van der Waals surface area contributed by atoms with Crippen molar-refractivity contribution in [3.8, 4) is 11.5 Å². The van der Waals surface area contributed by atoms with Crippen LogP contribution in [0.15, 0.2) is 42.5 Å². The summed E-state index contributed by atoms with van der Waals surface area (Å²) in [5.41, 5.74) is 5.93. The molecule has 0 saturated heterocycles. The lowest BCUT2D eigenvalue weighted by atomic mass is 10.2. The van der Waals surface area contributed by atoms with Gasteiger partial charge in [-0.3, -0.25) is 5.41 Å². The van der Waals surface area contributed by atoms with Gasteiger partial charge < -0.3 is 10.5 Å². The first kappa shape index (κ1) is 12.4. The zero-order chi connectivity index (χ0) is 13.1. The Hall–Kier alpha value is -2.07. The van der Waals surface area contributed by atoms with Crippen LogP contribution in [0.2, 0.25) is 5.02 Å². The van der Waals surface area contributed by atoms with Gasteiger partial charge in [-0.15, -0.1) is 0 Å². The Morgan fingerprint density at radius 2 is 1.72 bits per heavy atom. The number of halogens is 2. The van der Waals surface area contributed by atoms with Gasteiger partial charge in [-0.1, -0.05) is 11.6 Å². The van der Waals surface area contributed by atoms with Gasteiger partial charge in [0.15, 0.2) is 0 Å². The highest BCUT2D eigenvalue weighted by molar-refractivity contribution is 6.30. The number of hydrogen-bond acceptors (Lipinski definition) is 2. The predicted octanol–water partition coefficient (Wildman–Crippen LogP) is 3.56. The molecule has 2 aromatic rings. The monoisotopic (exact) mass is 264 g/mol. The van der Waals surface area contributed by atoms with E-state index in [-0.39, 0.29) is 10.9 Å². The van der Waals surface area contributed by atoms with Crippen molar-refractivity contribution in [2.45, 2.75) is 0 Å². The van der Waals surface area contributed by atoms with Gasteiger partial charge in [0.2, 0.25) is 0 Å². The molecule has 0 aliphatic heterocycles. The smallest absolute Gasteiger partial charge is 0.145 e. The number of rotatable bonds is 3. The molecule has 0 amide bonds. The van der Waals surface area contributed by atoms with Crippen LogP contribution in [-0.2, 0) is 0 Å². The highest BCUT2D eigenvalue weighted by Gasteiger charge is 2.03. The van der Waals surface area contributed by atoms with Crippen LogP contribution in [0.4, 0.5) is 4.39 Å². The zero-order valence-electron chi connectivity index (χ0n) is 9.28. The topological polar surface area (TPSA) is 59.1 Å². The van der Waals surface area contributed by atoms with Crippen LogP contribution in [0.3, 0.4) is 0 Å². The molecule has 0 bridgehead atoms. The third-order valence-electron chi connectivity index (χ3n) is 2.29. The third-order valence-corrected chi connectivity index (χ3v) is 2.60. The summed E-state index contributed by atoms with van der Waals surface area (Å²) < 4.78 is 18.6. The van der Waals surface area contributed by atoms with Gasteiger partial charge in [0, 0.05) is 11.6 Å². The first-order valence-electron chi connectivity index (χ1n) is 5.13. The minimum Gasteiger partial charge on any atom is -0.457 e. The maximum Gasteiger partial charge on any atom is 0.145 e. The Morgan fingerprint density at radius 3 is 2.28 bits per heavy atom. The van der Waals surface area contributed by atoms with Gasteiger partial charge in [-0.05, 0) is 36.4 Å². The fraction of sp³-hybridized carbons (Fsp3) is 0. The van der Waals surface area contributed by atoms with E-state index in [1.54, 1.807) is 30.3 Å². The standard InChI is InChI=1S/C13H10ClFN2O/c14-11-6-5-10(7-12(11)15)18-9-3-1-8(2-4-9)13(16)17/h1-7H,(H3,16,17). The largest absolute Gasteiger partial charge is 0.457 e. The second-order valence-electron chi connectivity index (χ2n) is 3.62. The molecule has 0 heterocycles. The number of nitrogen functional groups attached to an aromatic ring is 1. The summed E-state index contributed by atoms with van der Waals surface area (Å²) in [7, 11) is 0. The molecular formula is C13H10ClFN2O. The minimum absolute atomic E-state index is 0.0147. The summed E-state index contributed by atoms with van der Waals surface area (Å²) in [5, 5.41) is 7.30. The van der Waals surface area contributed by atoms with Crippen molar-refractivity contribution >= 4 is 17.4 Å². The average Bonchev–Trinajstić information content (AvgIpc) is 2.34. The lowest BCUT2D eigenvalue weighted by Gasteiger charge is -2.07. The molecule has 0 unspecified atom stereocenters. The van der Waals surface area contributed by atoms with Gasteiger partial charge in [0.05, 0.1) is 5.02 Å². The molecule has 2 aromatic carbocycles. The van der Waals surface area contributed by atoms with E-state index in [0.29, 0.717) is 17.1 Å².